The highest BCUT2D eigenvalue weighted by Crippen LogP contribution is 2.60. The van der Waals surface area contributed by atoms with Crippen LogP contribution in [-0.4, -0.2) is 19.9 Å². The van der Waals surface area contributed by atoms with Gasteiger partial charge >= 0.3 is 0 Å². The molecule has 30 heavy (non-hydrogen) atoms. The van der Waals surface area contributed by atoms with Crippen LogP contribution in [0.2, 0.25) is 0 Å². The molecule has 3 heteroatoms. The van der Waals surface area contributed by atoms with Crippen LogP contribution in [0.4, 0.5) is 0 Å². The molecule has 3 aromatic carbocycles. The van der Waals surface area contributed by atoms with Gasteiger partial charge in [0.15, 0.2) is 0 Å². The van der Waals surface area contributed by atoms with Gasteiger partial charge in [-0.15, -0.1) is 0 Å². The Hall–Kier alpha value is -2.57. The lowest BCUT2D eigenvalue weighted by atomic mass is 9.92. The van der Waals surface area contributed by atoms with E-state index in [2.05, 4.69) is 84.9 Å². The minimum atomic E-state index is -0.483. The van der Waals surface area contributed by atoms with Gasteiger partial charge < -0.3 is 9.47 Å². The summed E-state index contributed by atoms with van der Waals surface area (Å²) in [7, 11) is 2.98. The largest absolute Gasteiger partial charge is 0.497 e. The van der Waals surface area contributed by atoms with Gasteiger partial charge in [-0.1, -0.05) is 60.7 Å². The summed E-state index contributed by atoms with van der Waals surface area (Å²) in [6.07, 6.45) is 5.18. The summed E-state index contributed by atoms with van der Waals surface area (Å²) >= 11 is 0. The Morgan fingerprint density at radius 2 is 1.27 bits per heavy atom. The topological polar surface area (TPSA) is 18.5 Å². The zero-order chi connectivity index (χ0) is 20.5. The first-order valence-corrected chi connectivity index (χ1v) is 12.0. The lowest BCUT2D eigenvalue weighted by Crippen LogP contribution is -2.26. The Morgan fingerprint density at radius 3 is 1.80 bits per heavy atom. The molecule has 0 aromatic heterocycles. The van der Waals surface area contributed by atoms with E-state index in [9.17, 15) is 0 Å². The van der Waals surface area contributed by atoms with Gasteiger partial charge in [0.2, 0.25) is 0 Å². The number of methoxy groups -OCH3 is 2. The van der Waals surface area contributed by atoms with Crippen molar-refractivity contribution in [2.75, 3.05) is 14.2 Å². The molecular formula is C27H27O2P. The number of allylic oxidation sites excluding steroid dienone is 2. The van der Waals surface area contributed by atoms with E-state index in [-0.39, 0.29) is 0 Å². The van der Waals surface area contributed by atoms with Crippen molar-refractivity contribution in [3.8, 4) is 11.5 Å². The second kappa shape index (κ2) is 8.28. The Balaban J connectivity index is 1.55. The van der Waals surface area contributed by atoms with Crippen molar-refractivity contribution in [3.63, 3.8) is 0 Å². The first-order valence-electron chi connectivity index (χ1n) is 10.6. The zero-order valence-electron chi connectivity index (χ0n) is 17.5. The molecule has 5 rings (SSSR count). The quantitative estimate of drug-likeness (QED) is 0.487. The lowest BCUT2D eigenvalue weighted by Gasteiger charge is -2.30. The number of hydrogen-bond donors (Lipinski definition) is 0. The predicted molar refractivity (Wildman–Crippen MR) is 127 cm³/mol. The molecule has 0 aliphatic heterocycles. The molecule has 0 radical (unpaired) electrons. The first kappa shape index (κ1) is 19.4. The van der Waals surface area contributed by atoms with E-state index in [4.69, 9.17) is 9.47 Å². The molecule has 2 bridgehead atoms. The fourth-order valence-electron chi connectivity index (χ4n) is 5.18. The Labute approximate surface area is 180 Å². The van der Waals surface area contributed by atoms with Crippen LogP contribution in [0.3, 0.4) is 0 Å². The number of ether oxygens (including phenoxy) is 2. The van der Waals surface area contributed by atoms with Crippen molar-refractivity contribution >= 4 is 24.1 Å². The van der Waals surface area contributed by atoms with Crippen molar-refractivity contribution in [2.24, 2.45) is 11.8 Å². The average molecular weight is 414 g/mol. The van der Waals surface area contributed by atoms with E-state index in [1.807, 2.05) is 0 Å². The fraction of sp³-hybridized carbons (Fsp3) is 0.259. The molecule has 1 saturated carbocycles. The highest BCUT2D eigenvalue weighted by Gasteiger charge is 2.47. The van der Waals surface area contributed by atoms with Gasteiger partial charge in [0, 0.05) is 5.66 Å². The molecule has 152 valence electrons. The second-order valence-electron chi connectivity index (χ2n) is 8.09. The first-order chi connectivity index (χ1) is 14.8. The number of fused-ring (bicyclic) bond motifs is 2. The molecule has 3 unspecified atom stereocenters. The summed E-state index contributed by atoms with van der Waals surface area (Å²) in [5.74, 6) is 3.12. The van der Waals surface area contributed by atoms with E-state index in [0.717, 1.165) is 11.5 Å². The number of benzene rings is 3. The van der Waals surface area contributed by atoms with Gasteiger partial charge in [-0.3, -0.25) is 0 Å². The Kier molecular flexibility index (Phi) is 5.35. The normalized spacial score (nSPS) is 22.2. The van der Waals surface area contributed by atoms with E-state index in [1.165, 1.54) is 29.0 Å². The molecule has 0 spiro atoms. The molecule has 0 amide bonds. The van der Waals surface area contributed by atoms with Crippen molar-refractivity contribution in [1.29, 1.82) is 0 Å². The van der Waals surface area contributed by atoms with Crippen molar-refractivity contribution in [1.82, 2.24) is 0 Å². The Morgan fingerprint density at radius 1 is 0.700 bits per heavy atom. The fourth-order valence-corrected chi connectivity index (χ4v) is 8.39. The SMILES string of the molecule is COc1ccc(P(c2ccc(OC)cc2)C2C3C=C(c4ccccc4)C2CC3)cc1. The third kappa shape index (κ3) is 3.44. The van der Waals surface area contributed by atoms with Crippen LogP contribution < -0.4 is 20.1 Å². The molecule has 0 N–H and O–H groups in total. The third-order valence-electron chi connectivity index (χ3n) is 6.56. The molecular weight excluding hydrogens is 387 g/mol. The van der Waals surface area contributed by atoms with Crippen molar-refractivity contribution in [2.45, 2.75) is 18.5 Å². The average Bonchev–Trinajstić information content (AvgIpc) is 3.39. The van der Waals surface area contributed by atoms with Crippen LogP contribution in [0, 0.1) is 11.8 Å². The molecule has 2 aliphatic carbocycles. The number of rotatable bonds is 6. The highest BCUT2D eigenvalue weighted by atomic mass is 31.1. The molecule has 3 atom stereocenters. The summed E-state index contributed by atoms with van der Waals surface area (Å²) in [5, 5.41) is 2.86. The summed E-state index contributed by atoms with van der Waals surface area (Å²) in [6.45, 7) is 0. The minimum Gasteiger partial charge on any atom is -0.497 e. The minimum absolute atomic E-state index is 0.483. The van der Waals surface area contributed by atoms with E-state index >= 15 is 0 Å². The molecule has 0 saturated heterocycles. The molecule has 2 nitrogen and oxygen atoms in total. The van der Waals surface area contributed by atoms with Crippen molar-refractivity contribution in [3.05, 3.63) is 90.5 Å². The van der Waals surface area contributed by atoms with Gasteiger partial charge in [-0.05, 0) is 78.6 Å². The van der Waals surface area contributed by atoms with Crippen LogP contribution in [0.25, 0.3) is 5.57 Å². The van der Waals surface area contributed by atoms with Crippen LogP contribution in [0.15, 0.2) is 84.9 Å². The maximum atomic E-state index is 5.42. The Bertz CT molecular complexity index is 977. The van der Waals surface area contributed by atoms with Crippen LogP contribution in [0.1, 0.15) is 18.4 Å². The summed E-state index contributed by atoms with van der Waals surface area (Å²) in [6, 6.07) is 28.5. The van der Waals surface area contributed by atoms with Gasteiger partial charge in [0.25, 0.3) is 0 Å². The second-order valence-corrected chi connectivity index (χ2v) is 10.5. The smallest absolute Gasteiger partial charge is 0.118 e. The van der Waals surface area contributed by atoms with Gasteiger partial charge in [0.1, 0.15) is 11.5 Å². The third-order valence-corrected chi connectivity index (χ3v) is 9.61. The van der Waals surface area contributed by atoms with Crippen LogP contribution >= 0.6 is 7.92 Å². The molecule has 0 heterocycles. The number of hydrogen-bond acceptors (Lipinski definition) is 2. The van der Waals surface area contributed by atoms with Gasteiger partial charge in [-0.2, -0.15) is 0 Å². The van der Waals surface area contributed by atoms with Crippen LogP contribution in [0.5, 0.6) is 11.5 Å². The van der Waals surface area contributed by atoms with Crippen LogP contribution in [-0.2, 0) is 0 Å². The summed E-state index contributed by atoms with van der Waals surface area (Å²) < 4.78 is 10.8. The standard InChI is InChI=1S/C27H27O2P/c1-28-21-9-13-23(14-10-21)30(24-15-11-22(29-2)12-16-24)27-20-8-17-25(27)26(18-20)19-6-4-3-5-7-19/h3-7,9-16,18,20,25,27H,8,17H2,1-2H3. The monoisotopic (exact) mass is 414 g/mol. The van der Waals surface area contributed by atoms with Gasteiger partial charge in [-0.25, -0.2) is 0 Å². The highest BCUT2D eigenvalue weighted by molar-refractivity contribution is 7.73. The summed E-state index contributed by atoms with van der Waals surface area (Å²) in [5.41, 5.74) is 3.61. The van der Waals surface area contributed by atoms with E-state index in [0.29, 0.717) is 17.5 Å². The molecule has 2 aliphatic rings. The van der Waals surface area contributed by atoms with Gasteiger partial charge in [0.05, 0.1) is 14.2 Å². The van der Waals surface area contributed by atoms with E-state index < -0.39 is 7.92 Å². The van der Waals surface area contributed by atoms with Crippen molar-refractivity contribution < 1.29 is 9.47 Å². The van der Waals surface area contributed by atoms with E-state index in [1.54, 1.807) is 19.8 Å². The predicted octanol–water partition coefficient (Wildman–Crippen LogP) is 5.63. The zero-order valence-corrected chi connectivity index (χ0v) is 18.4. The maximum Gasteiger partial charge on any atom is 0.118 e. The molecule has 3 aromatic rings. The lowest BCUT2D eigenvalue weighted by molar-refractivity contribution is 0.415. The maximum absolute atomic E-state index is 5.42. The summed E-state index contributed by atoms with van der Waals surface area (Å²) in [4.78, 5) is 0. The molecule has 1 fully saturated rings.